The van der Waals surface area contributed by atoms with Gasteiger partial charge in [0.05, 0.1) is 5.56 Å². The van der Waals surface area contributed by atoms with E-state index < -0.39 is 51.7 Å². The molecule has 1 aromatic carbocycles. The van der Waals surface area contributed by atoms with Gasteiger partial charge >= 0.3 is 6.03 Å². The number of hydrogen-bond donors (Lipinski definition) is 0. The standard InChI is InChI=1S/C17H17F3N4O2/c1-9-10(8-21)12(19)13(20)14(11(9)18)24-15(25)17(23(3)16(24)26)4-6-22(2)7-5-17/h4-7H2,1-3H3. The summed E-state index contributed by atoms with van der Waals surface area (Å²) in [4.78, 5) is 29.2. The molecule has 3 rings (SSSR count). The number of hydrogen-bond acceptors (Lipinski definition) is 4. The van der Waals surface area contributed by atoms with Crippen molar-refractivity contribution in [2.75, 3.05) is 32.1 Å². The van der Waals surface area contributed by atoms with Crippen LogP contribution in [0.5, 0.6) is 0 Å². The van der Waals surface area contributed by atoms with Crippen LogP contribution in [0.15, 0.2) is 0 Å². The zero-order chi connectivity index (χ0) is 19.4. The molecule has 2 heterocycles. The molecule has 3 amide bonds. The Labute approximate surface area is 148 Å². The summed E-state index contributed by atoms with van der Waals surface area (Å²) in [5.74, 6) is -5.36. The van der Waals surface area contributed by atoms with Crippen LogP contribution in [0.4, 0.5) is 23.7 Å². The molecule has 0 unspecified atom stereocenters. The van der Waals surface area contributed by atoms with E-state index in [0.717, 1.165) is 6.92 Å². The molecule has 0 N–H and O–H groups in total. The number of rotatable bonds is 1. The Morgan fingerprint density at radius 1 is 1.04 bits per heavy atom. The van der Waals surface area contributed by atoms with Gasteiger partial charge in [-0.05, 0) is 26.8 Å². The van der Waals surface area contributed by atoms with Crippen LogP contribution in [0.3, 0.4) is 0 Å². The molecule has 2 fully saturated rings. The van der Waals surface area contributed by atoms with E-state index in [9.17, 15) is 22.8 Å². The Hall–Kier alpha value is -2.60. The fraction of sp³-hybridized carbons (Fsp3) is 0.471. The third-order valence-electron chi connectivity index (χ3n) is 5.40. The first-order chi connectivity index (χ1) is 12.2. The Balaban J connectivity index is 2.16. The minimum atomic E-state index is -1.72. The van der Waals surface area contributed by atoms with Crippen LogP contribution >= 0.6 is 0 Å². The number of urea groups is 1. The van der Waals surface area contributed by atoms with E-state index >= 15 is 0 Å². The molecule has 6 nitrogen and oxygen atoms in total. The zero-order valence-corrected chi connectivity index (χ0v) is 14.6. The van der Waals surface area contributed by atoms with Crippen molar-refractivity contribution in [3.63, 3.8) is 0 Å². The van der Waals surface area contributed by atoms with Crippen LogP contribution in [0, 0.1) is 35.7 Å². The Morgan fingerprint density at radius 2 is 1.62 bits per heavy atom. The minimum absolute atomic E-state index is 0.308. The van der Waals surface area contributed by atoms with Gasteiger partial charge in [-0.25, -0.2) is 22.9 Å². The fourth-order valence-electron chi connectivity index (χ4n) is 3.60. The van der Waals surface area contributed by atoms with Crippen molar-refractivity contribution in [2.45, 2.75) is 25.3 Å². The van der Waals surface area contributed by atoms with Crippen molar-refractivity contribution >= 4 is 17.6 Å². The van der Waals surface area contributed by atoms with Crippen molar-refractivity contribution in [3.8, 4) is 6.07 Å². The largest absolute Gasteiger partial charge is 0.332 e. The summed E-state index contributed by atoms with van der Waals surface area (Å²) in [6, 6.07) is 0.481. The van der Waals surface area contributed by atoms with Crippen LogP contribution in [0.1, 0.15) is 24.0 Å². The van der Waals surface area contributed by atoms with Gasteiger partial charge in [0.1, 0.15) is 17.3 Å². The summed E-state index contributed by atoms with van der Waals surface area (Å²) in [5.41, 5.74) is -3.50. The molecule has 9 heteroatoms. The predicted octanol–water partition coefficient (Wildman–Crippen LogP) is 2.15. The molecule has 2 saturated heterocycles. The van der Waals surface area contributed by atoms with E-state index in [1.165, 1.54) is 18.0 Å². The van der Waals surface area contributed by atoms with Crippen molar-refractivity contribution in [3.05, 3.63) is 28.6 Å². The number of likely N-dealkylation sites (N-methyl/N-ethyl adjacent to an activating group) is 1. The van der Waals surface area contributed by atoms with Crippen molar-refractivity contribution in [1.82, 2.24) is 9.80 Å². The highest BCUT2D eigenvalue weighted by Crippen LogP contribution is 2.41. The molecule has 0 radical (unpaired) electrons. The maximum Gasteiger partial charge on any atom is 0.332 e. The Kier molecular flexibility index (Phi) is 4.19. The first kappa shape index (κ1) is 18.2. The summed E-state index contributed by atoms with van der Waals surface area (Å²) in [5, 5.41) is 8.89. The highest BCUT2D eigenvalue weighted by atomic mass is 19.2. The minimum Gasteiger partial charge on any atom is -0.312 e. The summed E-state index contributed by atoms with van der Waals surface area (Å²) < 4.78 is 43.4. The van der Waals surface area contributed by atoms with Crippen molar-refractivity contribution in [1.29, 1.82) is 5.26 Å². The molecule has 0 atom stereocenters. The molecule has 1 spiro atoms. The molecule has 138 valence electrons. The van der Waals surface area contributed by atoms with Gasteiger partial charge in [0, 0.05) is 25.7 Å². The van der Waals surface area contributed by atoms with E-state index in [2.05, 4.69) is 0 Å². The van der Waals surface area contributed by atoms with E-state index in [1.807, 2.05) is 11.9 Å². The number of anilines is 1. The van der Waals surface area contributed by atoms with Crippen LogP contribution in [0.2, 0.25) is 0 Å². The SMILES string of the molecule is Cc1c(F)c(N2C(=O)N(C)C3(CCN(C)CC3)C2=O)c(F)c(F)c1C#N. The Morgan fingerprint density at radius 3 is 2.15 bits per heavy atom. The highest BCUT2D eigenvalue weighted by Gasteiger charge is 2.58. The average Bonchev–Trinajstić information content (AvgIpc) is 2.79. The maximum absolute atomic E-state index is 14.7. The lowest BCUT2D eigenvalue weighted by molar-refractivity contribution is -0.126. The molecule has 26 heavy (non-hydrogen) atoms. The van der Waals surface area contributed by atoms with E-state index in [-0.39, 0.29) is 0 Å². The van der Waals surface area contributed by atoms with Gasteiger partial charge < -0.3 is 9.80 Å². The molecule has 1 aromatic rings. The normalized spacial score (nSPS) is 20.2. The summed E-state index contributed by atoms with van der Waals surface area (Å²) in [7, 11) is 3.26. The lowest BCUT2D eigenvalue weighted by Gasteiger charge is -2.39. The van der Waals surface area contributed by atoms with Crippen LogP contribution in [0.25, 0.3) is 0 Å². The van der Waals surface area contributed by atoms with Crippen molar-refractivity contribution < 1.29 is 22.8 Å². The zero-order valence-electron chi connectivity index (χ0n) is 14.6. The lowest BCUT2D eigenvalue weighted by Crippen LogP contribution is -2.54. The summed E-state index contributed by atoms with van der Waals surface area (Å²) in [6.45, 7) is 2.16. The van der Waals surface area contributed by atoms with Gasteiger partial charge in [-0.1, -0.05) is 0 Å². The third-order valence-corrected chi connectivity index (χ3v) is 5.40. The predicted molar refractivity (Wildman–Crippen MR) is 85.9 cm³/mol. The van der Waals surface area contributed by atoms with E-state index in [1.54, 1.807) is 0 Å². The van der Waals surface area contributed by atoms with Crippen LogP contribution in [-0.2, 0) is 4.79 Å². The number of nitrogens with zero attached hydrogens (tertiary/aromatic N) is 4. The second kappa shape index (κ2) is 5.99. The van der Waals surface area contributed by atoms with Crippen LogP contribution in [-0.4, -0.2) is 54.5 Å². The van der Waals surface area contributed by atoms with Gasteiger partial charge in [-0.15, -0.1) is 0 Å². The second-order valence-corrected chi connectivity index (χ2v) is 6.72. The Bertz CT molecular complexity index is 828. The summed E-state index contributed by atoms with van der Waals surface area (Å²) in [6.07, 6.45) is 0.615. The number of benzene rings is 1. The topological polar surface area (TPSA) is 67.7 Å². The quantitative estimate of drug-likeness (QED) is 0.564. The number of carbonyl (C=O) groups excluding carboxylic acids is 2. The molecular formula is C17H17F3N4O2. The first-order valence-corrected chi connectivity index (χ1v) is 8.05. The number of halogens is 3. The van der Waals surface area contributed by atoms with Crippen LogP contribution < -0.4 is 4.90 Å². The number of piperidine rings is 1. The maximum atomic E-state index is 14.7. The number of likely N-dealkylation sites (tertiary alicyclic amines) is 1. The molecule has 2 aliphatic rings. The van der Waals surface area contributed by atoms with Crippen molar-refractivity contribution in [2.24, 2.45) is 0 Å². The number of imide groups is 1. The molecule has 0 bridgehead atoms. The fourth-order valence-corrected chi connectivity index (χ4v) is 3.60. The molecule has 0 aliphatic carbocycles. The first-order valence-electron chi connectivity index (χ1n) is 8.05. The third kappa shape index (κ3) is 2.22. The van der Waals surface area contributed by atoms with Gasteiger partial charge in [0.15, 0.2) is 17.5 Å². The highest BCUT2D eigenvalue weighted by molar-refractivity contribution is 6.23. The smallest absolute Gasteiger partial charge is 0.312 e. The number of amides is 3. The van der Waals surface area contributed by atoms with E-state index in [4.69, 9.17) is 5.26 Å². The van der Waals surface area contributed by atoms with Gasteiger partial charge in [-0.2, -0.15) is 5.26 Å². The molecule has 0 aromatic heterocycles. The lowest BCUT2D eigenvalue weighted by atomic mass is 9.86. The van der Waals surface area contributed by atoms with Gasteiger partial charge in [0.2, 0.25) is 0 Å². The van der Waals surface area contributed by atoms with Gasteiger partial charge in [-0.3, -0.25) is 4.79 Å². The molecule has 2 aliphatic heterocycles. The van der Waals surface area contributed by atoms with E-state index in [0.29, 0.717) is 30.8 Å². The second-order valence-electron chi connectivity index (χ2n) is 6.72. The number of carbonyl (C=O) groups is 2. The number of nitriles is 1. The molecular weight excluding hydrogens is 349 g/mol. The summed E-state index contributed by atoms with van der Waals surface area (Å²) >= 11 is 0. The average molecular weight is 366 g/mol. The molecule has 0 saturated carbocycles. The van der Waals surface area contributed by atoms with Gasteiger partial charge in [0.25, 0.3) is 5.91 Å². The monoisotopic (exact) mass is 366 g/mol.